The van der Waals surface area contributed by atoms with Gasteiger partial charge in [-0.2, -0.15) is 0 Å². The Morgan fingerprint density at radius 3 is 2.44 bits per heavy atom. The minimum absolute atomic E-state index is 0.0993. The Kier molecular flexibility index (Phi) is 6.20. The van der Waals surface area contributed by atoms with Crippen molar-refractivity contribution in [3.8, 4) is 0 Å². The maximum atomic E-state index is 13.7. The van der Waals surface area contributed by atoms with Gasteiger partial charge in [-0.1, -0.05) is 47.7 Å². The first kappa shape index (κ1) is 23.5. The van der Waals surface area contributed by atoms with E-state index in [2.05, 4.69) is 0 Å². The summed E-state index contributed by atoms with van der Waals surface area (Å²) in [6.45, 7) is 4.09. The van der Waals surface area contributed by atoms with Gasteiger partial charge in [0.15, 0.2) is 15.0 Å². The number of rotatable bonds is 6. The maximum absolute atomic E-state index is 13.7. The Morgan fingerprint density at radius 2 is 1.79 bits per heavy atom. The van der Waals surface area contributed by atoms with Gasteiger partial charge in [0, 0.05) is 24.0 Å². The molecule has 0 aliphatic carbocycles. The van der Waals surface area contributed by atoms with Crippen molar-refractivity contribution in [1.82, 2.24) is 4.98 Å². The van der Waals surface area contributed by atoms with E-state index >= 15 is 0 Å². The summed E-state index contributed by atoms with van der Waals surface area (Å²) in [5.74, 6) is -0.578. The number of hydrogen-bond donors (Lipinski definition) is 0. The van der Waals surface area contributed by atoms with Crippen LogP contribution in [0.25, 0.3) is 10.2 Å². The summed E-state index contributed by atoms with van der Waals surface area (Å²) in [6, 6.07) is 16.5. The van der Waals surface area contributed by atoms with Crippen LogP contribution in [0, 0.1) is 24.0 Å². The number of aromatic nitrogens is 1. The van der Waals surface area contributed by atoms with Crippen molar-refractivity contribution in [1.29, 1.82) is 0 Å². The number of aryl methyl sites for hydroxylation is 2. The molecule has 0 fully saturated rings. The Balaban J connectivity index is 1.88. The van der Waals surface area contributed by atoms with Crippen LogP contribution in [0.15, 0.2) is 65.6 Å². The number of fused-ring (bicyclic) bond motifs is 1. The Morgan fingerprint density at radius 1 is 1.09 bits per heavy atom. The van der Waals surface area contributed by atoms with Crippen molar-refractivity contribution in [2.24, 2.45) is 0 Å². The minimum atomic E-state index is -3.78. The average Bonchev–Trinajstić information content (AvgIpc) is 3.21. The highest BCUT2D eigenvalue weighted by molar-refractivity contribution is 7.90. The predicted octanol–water partition coefficient (Wildman–Crippen LogP) is 5.07. The zero-order valence-corrected chi connectivity index (χ0v) is 20.3. The highest BCUT2D eigenvalue weighted by Crippen LogP contribution is 2.34. The van der Waals surface area contributed by atoms with Crippen LogP contribution < -0.4 is 4.90 Å². The van der Waals surface area contributed by atoms with Gasteiger partial charge >= 0.3 is 0 Å². The summed E-state index contributed by atoms with van der Waals surface area (Å²) in [5, 5.41) is 11.9. The summed E-state index contributed by atoms with van der Waals surface area (Å²) in [6.07, 6.45) is 0.945. The summed E-state index contributed by atoms with van der Waals surface area (Å²) in [5.41, 5.74) is 3.07. The molecule has 174 valence electrons. The smallest absolute Gasteiger partial charge is 0.271 e. The Hall–Kier alpha value is -3.63. The van der Waals surface area contributed by atoms with E-state index in [0.29, 0.717) is 5.13 Å². The lowest BCUT2D eigenvalue weighted by Gasteiger charge is -2.20. The summed E-state index contributed by atoms with van der Waals surface area (Å²) in [4.78, 5) is 30.3. The number of carbonyl (C=O) groups is 1. The number of benzene rings is 3. The van der Waals surface area contributed by atoms with E-state index in [4.69, 9.17) is 4.98 Å². The molecule has 4 rings (SSSR count). The molecule has 0 saturated heterocycles. The van der Waals surface area contributed by atoms with Gasteiger partial charge < -0.3 is 0 Å². The second-order valence-corrected chi connectivity index (χ2v) is 11.1. The monoisotopic (exact) mass is 495 g/mol. The van der Waals surface area contributed by atoms with Crippen molar-refractivity contribution in [2.75, 3.05) is 11.2 Å². The number of non-ortho nitro benzene ring substituents is 1. The van der Waals surface area contributed by atoms with Gasteiger partial charge in [-0.25, -0.2) is 13.4 Å². The number of sulfone groups is 1. The molecule has 0 aliphatic heterocycles. The molecule has 1 heterocycles. The summed E-state index contributed by atoms with van der Waals surface area (Å²) < 4.78 is 25.2. The van der Waals surface area contributed by atoms with E-state index in [1.165, 1.54) is 22.3 Å². The van der Waals surface area contributed by atoms with Crippen LogP contribution in [0.4, 0.5) is 10.8 Å². The average molecular weight is 496 g/mol. The number of nitro benzene ring substituents is 1. The molecule has 3 aromatic carbocycles. The van der Waals surface area contributed by atoms with Crippen LogP contribution in [0.2, 0.25) is 0 Å². The zero-order valence-electron chi connectivity index (χ0n) is 18.7. The molecule has 0 aliphatic rings. The lowest BCUT2D eigenvalue weighted by Crippen LogP contribution is -2.30. The van der Waals surface area contributed by atoms with Gasteiger partial charge in [0.25, 0.3) is 11.6 Å². The molecular formula is C24H21N3O5S2. The normalized spacial score (nSPS) is 11.5. The topological polar surface area (TPSA) is 110 Å². The Bertz CT molecular complexity index is 1530. The van der Waals surface area contributed by atoms with Crippen LogP contribution in [0.5, 0.6) is 0 Å². The molecule has 10 heteroatoms. The number of nitrogens with zero attached hydrogens (tertiary/aromatic N) is 3. The largest absolute Gasteiger partial charge is 0.279 e. The zero-order chi connectivity index (χ0) is 24.6. The van der Waals surface area contributed by atoms with Crippen LogP contribution in [0.1, 0.15) is 27.0 Å². The first-order chi connectivity index (χ1) is 16.0. The van der Waals surface area contributed by atoms with Crippen molar-refractivity contribution < 1.29 is 18.1 Å². The predicted molar refractivity (Wildman–Crippen MR) is 132 cm³/mol. The van der Waals surface area contributed by atoms with Gasteiger partial charge in [0.2, 0.25) is 0 Å². The van der Waals surface area contributed by atoms with Crippen LogP contribution in [0.3, 0.4) is 0 Å². The number of amides is 1. The van der Waals surface area contributed by atoms with Crippen molar-refractivity contribution in [2.45, 2.75) is 25.3 Å². The van der Waals surface area contributed by atoms with Gasteiger partial charge in [0.1, 0.15) is 0 Å². The third-order valence-corrected chi connectivity index (χ3v) is 7.37. The SMILES string of the molecule is Cc1cc(C)c2nc(N(Cc3ccccc3)C(=O)c3cc([N+](=O)[O-])cc(S(C)(=O)=O)c3)sc2c1. The molecule has 4 aromatic rings. The number of carbonyl (C=O) groups excluding carboxylic acids is 1. The molecule has 0 N–H and O–H groups in total. The third kappa shape index (κ3) is 4.82. The van der Waals surface area contributed by atoms with Crippen molar-refractivity contribution >= 4 is 48.1 Å². The molecule has 34 heavy (non-hydrogen) atoms. The molecule has 0 unspecified atom stereocenters. The molecule has 1 aromatic heterocycles. The number of anilines is 1. The van der Waals surface area contributed by atoms with Crippen molar-refractivity contribution in [3.05, 3.63) is 93.0 Å². The fourth-order valence-electron chi connectivity index (χ4n) is 3.65. The second-order valence-electron chi connectivity index (χ2n) is 8.05. The lowest BCUT2D eigenvalue weighted by molar-refractivity contribution is -0.385. The third-order valence-electron chi connectivity index (χ3n) is 5.26. The minimum Gasteiger partial charge on any atom is -0.279 e. The fourth-order valence-corrected chi connectivity index (χ4v) is 5.46. The van der Waals surface area contributed by atoms with Gasteiger partial charge in [0.05, 0.1) is 26.6 Å². The van der Waals surface area contributed by atoms with E-state index < -0.39 is 26.4 Å². The molecule has 0 atom stereocenters. The van der Waals surface area contributed by atoms with E-state index in [1.54, 1.807) is 0 Å². The highest BCUT2D eigenvalue weighted by Gasteiger charge is 2.26. The molecular weight excluding hydrogens is 474 g/mol. The lowest BCUT2D eigenvalue weighted by atomic mass is 10.1. The van der Waals surface area contributed by atoms with Gasteiger partial charge in [-0.15, -0.1) is 0 Å². The van der Waals surface area contributed by atoms with E-state index in [-0.39, 0.29) is 17.0 Å². The molecule has 0 bridgehead atoms. The van der Waals surface area contributed by atoms with Gasteiger partial charge in [-0.3, -0.25) is 19.8 Å². The van der Waals surface area contributed by atoms with Crippen molar-refractivity contribution in [3.63, 3.8) is 0 Å². The van der Waals surface area contributed by atoms with E-state index in [9.17, 15) is 23.3 Å². The fraction of sp³-hybridized carbons (Fsp3) is 0.167. The first-order valence-electron chi connectivity index (χ1n) is 10.3. The van der Waals surface area contributed by atoms with E-state index in [0.717, 1.165) is 45.3 Å². The Labute approximate surface area is 200 Å². The van der Waals surface area contributed by atoms with Gasteiger partial charge in [-0.05, 0) is 42.7 Å². The standard InChI is InChI=1S/C24H21N3O5S2/c1-15-9-16(2)22-21(10-15)33-24(25-22)26(14-17-7-5-4-6-8-17)23(28)18-11-19(27(29)30)13-20(12-18)34(3,31)32/h4-13H,14H2,1-3H3. The number of nitro groups is 1. The summed E-state index contributed by atoms with van der Waals surface area (Å²) in [7, 11) is -3.78. The molecule has 0 radical (unpaired) electrons. The molecule has 1 amide bonds. The number of hydrogen-bond acceptors (Lipinski definition) is 7. The van der Waals surface area contributed by atoms with Crippen LogP contribution in [-0.4, -0.2) is 30.5 Å². The molecule has 0 spiro atoms. The highest BCUT2D eigenvalue weighted by atomic mass is 32.2. The first-order valence-corrected chi connectivity index (χ1v) is 13.0. The molecule has 8 nitrogen and oxygen atoms in total. The van der Waals surface area contributed by atoms with Crippen LogP contribution in [-0.2, 0) is 16.4 Å². The number of thiazole rings is 1. The van der Waals surface area contributed by atoms with Crippen LogP contribution >= 0.6 is 11.3 Å². The summed E-state index contributed by atoms with van der Waals surface area (Å²) >= 11 is 1.34. The van der Waals surface area contributed by atoms with E-state index in [1.807, 2.05) is 56.3 Å². The molecule has 0 saturated carbocycles. The second kappa shape index (κ2) is 8.96. The maximum Gasteiger partial charge on any atom is 0.271 e. The quantitative estimate of drug-likeness (QED) is 0.273.